The predicted molar refractivity (Wildman–Crippen MR) is 116 cm³/mol. The number of carbonyl (C=O) groups is 2. The van der Waals surface area contributed by atoms with E-state index < -0.39 is 11.9 Å². The van der Waals surface area contributed by atoms with Gasteiger partial charge < -0.3 is 19.7 Å². The normalized spacial score (nSPS) is 19.3. The van der Waals surface area contributed by atoms with Crippen molar-refractivity contribution in [2.45, 2.75) is 72.0 Å². The van der Waals surface area contributed by atoms with E-state index in [0.717, 1.165) is 38.4 Å². The van der Waals surface area contributed by atoms with Crippen molar-refractivity contribution in [2.75, 3.05) is 26.2 Å². The van der Waals surface area contributed by atoms with Crippen molar-refractivity contribution >= 4 is 11.9 Å². The van der Waals surface area contributed by atoms with Crippen LogP contribution in [0.3, 0.4) is 0 Å². The van der Waals surface area contributed by atoms with Gasteiger partial charge >= 0.3 is 11.9 Å². The number of ether oxygens (including phenoxy) is 2. The Morgan fingerprint density at radius 3 is 1.90 bits per heavy atom. The highest BCUT2D eigenvalue weighted by molar-refractivity contribution is 6.27. The second-order valence-electron chi connectivity index (χ2n) is 8.40. The SMILES string of the molecule is CC1CN(CCCOc2c(C(C)C)cccc2C(C)C)CC(C)O1.O=C(O)C(=O)O. The summed E-state index contributed by atoms with van der Waals surface area (Å²) in [6.45, 7) is 17.2. The molecule has 1 aliphatic rings. The average Bonchev–Trinajstić information content (AvgIpc) is 2.64. The molecule has 1 saturated heterocycles. The summed E-state index contributed by atoms with van der Waals surface area (Å²) < 4.78 is 12.1. The van der Waals surface area contributed by atoms with Crippen molar-refractivity contribution in [1.29, 1.82) is 0 Å². The minimum Gasteiger partial charge on any atom is -0.493 e. The molecule has 7 heteroatoms. The Morgan fingerprint density at radius 1 is 1.03 bits per heavy atom. The lowest BCUT2D eigenvalue weighted by Crippen LogP contribution is -2.45. The smallest absolute Gasteiger partial charge is 0.414 e. The number of morpholine rings is 1. The monoisotopic (exact) mass is 423 g/mol. The third-order valence-corrected chi connectivity index (χ3v) is 4.86. The largest absolute Gasteiger partial charge is 0.493 e. The minimum absolute atomic E-state index is 0.337. The van der Waals surface area contributed by atoms with Crippen LogP contribution in [0.4, 0.5) is 0 Å². The van der Waals surface area contributed by atoms with Gasteiger partial charge in [0.25, 0.3) is 0 Å². The molecule has 0 saturated carbocycles. The fourth-order valence-corrected chi connectivity index (χ4v) is 3.58. The fraction of sp³-hybridized carbons (Fsp3) is 0.652. The van der Waals surface area contributed by atoms with Crippen LogP contribution in [0.15, 0.2) is 18.2 Å². The lowest BCUT2D eigenvalue weighted by Gasteiger charge is -2.35. The summed E-state index contributed by atoms with van der Waals surface area (Å²) in [5.41, 5.74) is 2.66. The van der Waals surface area contributed by atoms with Gasteiger partial charge in [0, 0.05) is 19.6 Å². The third-order valence-electron chi connectivity index (χ3n) is 4.86. The van der Waals surface area contributed by atoms with Gasteiger partial charge in [0.2, 0.25) is 0 Å². The first-order valence-corrected chi connectivity index (χ1v) is 10.6. The van der Waals surface area contributed by atoms with Crippen LogP contribution in [0, 0.1) is 0 Å². The van der Waals surface area contributed by atoms with E-state index in [1.165, 1.54) is 11.1 Å². The Hall–Kier alpha value is -2.12. The summed E-state index contributed by atoms with van der Waals surface area (Å²) in [7, 11) is 0. The third kappa shape index (κ3) is 8.71. The molecule has 2 rings (SSSR count). The van der Waals surface area contributed by atoms with Crippen LogP contribution in [0.25, 0.3) is 0 Å². The van der Waals surface area contributed by atoms with E-state index in [4.69, 9.17) is 29.3 Å². The Morgan fingerprint density at radius 2 is 1.50 bits per heavy atom. The molecule has 1 fully saturated rings. The first kappa shape index (κ1) is 25.9. The second-order valence-corrected chi connectivity index (χ2v) is 8.40. The van der Waals surface area contributed by atoms with Crippen LogP contribution >= 0.6 is 0 Å². The zero-order valence-electron chi connectivity index (χ0n) is 19.1. The van der Waals surface area contributed by atoms with Crippen molar-refractivity contribution in [3.63, 3.8) is 0 Å². The molecule has 1 heterocycles. The Labute approximate surface area is 180 Å². The molecule has 0 aliphatic carbocycles. The van der Waals surface area contributed by atoms with Gasteiger partial charge in [-0.2, -0.15) is 0 Å². The van der Waals surface area contributed by atoms with Gasteiger partial charge in [-0.15, -0.1) is 0 Å². The van der Waals surface area contributed by atoms with Crippen molar-refractivity contribution in [2.24, 2.45) is 0 Å². The topological polar surface area (TPSA) is 96.3 Å². The van der Waals surface area contributed by atoms with Crippen LogP contribution in [-0.4, -0.2) is 65.5 Å². The van der Waals surface area contributed by atoms with Crippen LogP contribution in [0.5, 0.6) is 5.75 Å². The van der Waals surface area contributed by atoms with Crippen molar-refractivity contribution in [3.05, 3.63) is 29.3 Å². The number of aliphatic carboxylic acids is 2. The molecule has 2 atom stereocenters. The Balaban J connectivity index is 0.000000656. The van der Waals surface area contributed by atoms with Crippen LogP contribution in [0.1, 0.15) is 70.9 Å². The highest BCUT2D eigenvalue weighted by atomic mass is 16.5. The fourth-order valence-electron chi connectivity index (χ4n) is 3.58. The summed E-state index contributed by atoms with van der Waals surface area (Å²) in [4.78, 5) is 20.7. The molecule has 30 heavy (non-hydrogen) atoms. The zero-order chi connectivity index (χ0) is 22.8. The number of hydrogen-bond donors (Lipinski definition) is 2. The first-order valence-electron chi connectivity index (χ1n) is 10.6. The highest BCUT2D eigenvalue weighted by Crippen LogP contribution is 2.34. The standard InChI is InChI=1S/C21H35NO2.C2H2O4/c1-15(2)19-9-7-10-20(16(3)4)21(19)23-12-8-11-22-13-17(5)24-18(6)14-22;3-1(4)2(5)6/h7,9-10,15-18H,8,11-14H2,1-6H3;(H,3,4)(H,5,6). The van der Waals surface area contributed by atoms with E-state index in [1.54, 1.807) is 0 Å². The molecular formula is C23H37NO6. The first-order chi connectivity index (χ1) is 14.0. The van der Waals surface area contributed by atoms with Crippen LogP contribution in [0.2, 0.25) is 0 Å². The molecule has 7 nitrogen and oxygen atoms in total. The number of benzene rings is 1. The summed E-state index contributed by atoms with van der Waals surface area (Å²) in [6.07, 6.45) is 1.73. The number of hydrogen-bond acceptors (Lipinski definition) is 5. The number of rotatable bonds is 7. The summed E-state index contributed by atoms with van der Waals surface area (Å²) in [6, 6.07) is 6.57. The molecular weight excluding hydrogens is 386 g/mol. The predicted octanol–water partition coefficient (Wildman–Crippen LogP) is 3.97. The highest BCUT2D eigenvalue weighted by Gasteiger charge is 2.21. The van der Waals surface area contributed by atoms with E-state index in [1.807, 2.05) is 0 Å². The van der Waals surface area contributed by atoms with E-state index >= 15 is 0 Å². The van der Waals surface area contributed by atoms with E-state index in [9.17, 15) is 0 Å². The van der Waals surface area contributed by atoms with Crippen molar-refractivity contribution in [3.8, 4) is 5.75 Å². The second kappa shape index (κ2) is 12.5. The van der Waals surface area contributed by atoms with Gasteiger partial charge in [-0.1, -0.05) is 45.9 Å². The van der Waals surface area contributed by atoms with Gasteiger partial charge in [-0.05, 0) is 43.2 Å². The molecule has 170 valence electrons. The molecule has 1 aromatic carbocycles. The van der Waals surface area contributed by atoms with Gasteiger partial charge in [0.1, 0.15) is 5.75 Å². The maximum Gasteiger partial charge on any atom is 0.414 e. The number of carboxylic acid groups (broad SMARTS) is 2. The quantitative estimate of drug-likeness (QED) is 0.506. The Kier molecular flexibility index (Phi) is 10.8. The van der Waals surface area contributed by atoms with Gasteiger partial charge in [0.05, 0.1) is 18.8 Å². The maximum absolute atomic E-state index is 9.10. The lowest BCUT2D eigenvalue weighted by molar-refractivity contribution is -0.159. The Bertz CT molecular complexity index is 640. The van der Waals surface area contributed by atoms with Crippen molar-refractivity contribution < 1.29 is 29.3 Å². The van der Waals surface area contributed by atoms with Crippen LogP contribution in [-0.2, 0) is 14.3 Å². The molecule has 0 radical (unpaired) electrons. The average molecular weight is 424 g/mol. The van der Waals surface area contributed by atoms with Crippen LogP contribution < -0.4 is 4.74 Å². The van der Waals surface area contributed by atoms with Gasteiger partial charge in [-0.25, -0.2) is 9.59 Å². The molecule has 1 aromatic rings. The molecule has 0 spiro atoms. The zero-order valence-corrected chi connectivity index (χ0v) is 19.1. The van der Waals surface area contributed by atoms with E-state index in [-0.39, 0.29) is 0 Å². The summed E-state index contributed by atoms with van der Waals surface area (Å²) >= 11 is 0. The molecule has 0 amide bonds. The van der Waals surface area contributed by atoms with Gasteiger partial charge in [-0.3, -0.25) is 4.90 Å². The maximum atomic E-state index is 9.10. The number of carboxylic acids is 2. The minimum atomic E-state index is -1.82. The summed E-state index contributed by atoms with van der Waals surface area (Å²) in [5.74, 6) is -1.56. The van der Waals surface area contributed by atoms with Gasteiger partial charge in [0.15, 0.2) is 0 Å². The summed E-state index contributed by atoms with van der Waals surface area (Å²) in [5, 5.41) is 14.8. The van der Waals surface area contributed by atoms with Crippen molar-refractivity contribution in [1.82, 2.24) is 4.90 Å². The number of para-hydroxylation sites is 1. The molecule has 0 aromatic heterocycles. The number of nitrogens with zero attached hydrogens (tertiary/aromatic N) is 1. The van der Waals surface area contributed by atoms with E-state index in [2.05, 4.69) is 64.6 Å². The molecule has 2 unspecified atom stereocenters. The van der Waals surface area contributed by atoms with E-state index in [0.29, 0.717) is 24.0 Å². The molecule has 0 bridgehead atoms. The molecule has 1 aliphatic heterocycles. The molecule has 2 N–H and O–H groups in total. The lowest BCUT2D eigenvalue weighted by atomic mass is 9.94.